The van der Waals surface area contributed by atoms with E-state index in [9.17, 15) is 9.59 Å². The van der Waals surface area contributed by atoms with Gasteiger partial charge in [-0.05, 0) is 40.5 Å². The number of nitrogens with zero attached hydrogens (tertiary/aromatic N) is 1. The summed E-state index contributed by atoms with van der Waals surface area (Å²) < 4.78 is 11.1. The number of carbonyl (C=O) groups excluding carboxylic acids is 1. The van der Waals surface area contributed by atoms with Crippen LogP contribution >= 0.6 is 15.9 Å². The fourth-order valence-corrected chi connectivity index (χ4v) is 3.05. The van der Waals surface area contributed by atoms with Crippen LogP contribution in [0.4, 0.5) is 0 Å². The van der Waals surface area contributed by atoms with Gasteiger partial charge in [0.15, 0.2) is 0 Å². The monoisotopic (exact) mass is 371 g/mol. The number of carbonyl (C=O) groups is 2. The van der Waals surface area contributed by atoms with Crippen molar-refractivity contribution in [2.45, 2.75) is 25.0 Å². The third-order valence-corrected chi connectivity index (χ3v) is 4.48. The molecular weight excluding hydrogens is 354 g/mol. The van der Waals surface area contributed by atoms with Gasteiger partial charge in [-0.25, -0.2) is 0 Å². The van der Waals surface area contributed by atoms with Crippen LogP contribution in [0.5, 0.6) is 5.75 Å². The first-order valence-electron chi connectivity index (χ1n) is 6.85. The summed E-state index contributed by atoms with van der Waals surface area (Å²) in [4.78, 5) is 25.4. The average molecular weight is 372 g/mol. The van der Waals surface area contributed by atoms with Crippen LogP contribution in [0.25, 0.3) is 0 Å². The molecule has 1 aliphatic heterocycles. The maximum absolute atomic E-state index is 12.8. The summed E-state index contributed by atoms with van der Waals surface area (Å²) in [6, 6.07) is 4.76. The molecule has 0 saturated carbocycles. The second-order valence-electron chi connectivity index (χ2n) is 5.15. The second-order valence-corrected chi connectivity index (χ2v) is 6.00. The van der Waals surface area contributed by atoms with Crippen molar-refractivity contribution >= 4 is 27.8 Å². The SMILES string of the molecule is COc1ccc(Br)c(C(=O)N2CC(OC)CC2CC(=O)O)c1. The number of likely N-dealkylation sites (tertiary alicyclic amines) is 1. The minimum absolute atomic E-state index is 0.0901. The molecule has 120 valence electrons. The van der Waals surface area contributed by atoms with Gasteiger partial charge in [-0.3, -0.25) is 9.59 Å². The number of ether oxygens (including phenoxy) is 2. The van der Waals surface area contributed by atoms with E-state index in [0.717, 1.165) is 0 Å². The number of hydrogen-bond acceptors (Lipinski definition) is 4. The van der Waals surface area contributed by atoms with Crippen molar-refractivity contribution in [1.29, 1.82) is 0 Å². The van der Waals surface area contributed by atoms with E-state index in [0.29, 0.717) is 28.8 Å². The predicted octanol–water partition coefficient (Wildman–Crippen LogP) is 2.16. The lowest BCUT2D eigenvalue weighted by atomic mass is 10.1. The molecule has 2 unspecified atom stereocenters. The Hall–Kier alpha value is -1.60. The molecule has 6 nitrogen and oxygen atoms in total. The van der Waals surface area contributed by atoms with Gasteiger partial charge in [-0.1, -0.05) is 0 Å². The van der Waals surface area contributed by atoms with E-state index < -0.39 is 5.97 Å². The van der Waals surface area contributed by atoms with E-state index in [1.807, 2.05) is 0 Å². The molecule has 1 fully saturated rings. The van der Waals surface area contributed by atoms with Crippen molar-refractivity contribution in [1.82, 2.24) is 4.90 Å². The summed E-state index contributed by atoms with van der Waals surface area (Å²) in [7, 11) is 3.10. The van der Waals surface area contributed by atoms with E-state index in [1.54, 1.807) is 30.2 Å². The standard InChI is InChI=1S/C15H18BrNO5/c1-21-10-3-4-13(16)12(7-10)15(20)17-8-11(22-2)5-9(17)6-14(18)19/h3-4,7,9,11H,5-6,8H2,1-2H3,(H,18,19). The molecule has 0 spiro atoms. The molecule has 0 aliphatic carbocycles. The van der Waals surface area contributed by atoms with Crippen LogP contribution in [-0.4, -0.2) is 54.8 Å². The number of halogens is 1. The fourth-order valence-electron chi connectivity index (χ4n) is 2.64. The quantitative estimate of drug-likeness (QED) is 0.857. The molecule has 1 amide bonds. The van der Waals surface area contributed by atoms with Crippen LogP contribution < -0.4 is 4.74 Å². The number of amides is 1. The van der Waals surface area contributed by atoms with Gasteiger partial charge in [0.1, 0.15) is 5.75 Å². The zero-order valence-electron chi connectivity index (χ0n) is 12.4. The molecule has 2 atom stereocenters. The Kier molecular flexibility index (Phi) is 5.42. The minimum atomic E-state index is -0.927. The first-order valence-corrected chi connectivity index (χ1v) is 7.64. The van der Waals surface area contributed by atoms with Crippen molar-refractivity contribution in [2.24, 2.45) is 0 Å². The first kappa shape index (κ1) is 16.8. The number of methoxy groups -OCH3 is 2. The number of carboxylic acids is 1. The molecule has 22 heavy (non-hydrogen) atoms. The van der Waals surface area contributed by atoms with Crippen LogP contribution in [0.2, 0.25) is 0 Å². The molecule has 7 heteroatoms. The Morgan fingerprint density at radius 1 is 1.41 bits per heavy atom. The normalized spacial score (nSPS) is 21.0. The van der Waals surface area contributed by atoms with E-state index in [-0.39, 0.29) is 24.5 Å². The van der Waals surface area contributed by atoms with E-state index in [4.69, 9.17) is 14.6 Å². The molecule has 1 aliphatic rings. The predicted molar refractivity (Wildman–Crippen MR) is 83.2 cm³/mol. The van der Waals surface area contributed by atoms with Gasteiger partial charge in [0, 0.05) is 24.2 Å². The van der Waals surface area contributed by atoms with Gasteiger partial charge >= 0.3 is 5.97 Å². The molecule has 0 radical (unpaired) electrons. The Morgan fingerprint density at radius 2 is 2.14 bits per heavy atom. The van der Waals surface area contributed by atoms with Gasteiger partial charge in [-0.2, -0.15) is 0 Å². The van der Waals surface area contributed by atoms with Crippen molar-refractivity contribution in [3.63, 3.8) is 0 Å². The lowest BCUT2D eigenvalue weighted by Crippen LogP contribution is -2.37. The number of aliphatic carboxylic acids is 1. The Labute approximate surface area is 137 Å². The van der Waals surface area contributed by atoms with Gasteiger partial charge in [0.2, 0.25) is 0 Å². The van der Waals surface area contributed by atoms with Crippen LogP contribution in [0.15, 0.2) is 22.7 Å². The zero-order chi connectivity index (χ0) is 16.3. The Bertz CT molecular complexity index is 577. The van der Waals surface area contributed by atoms with Gasteiger partial charge in [0.25, 0.3) is 5.91 Å². The average Bonchev–Trinajstić information content (AvgIpc) is 2.89. The summed E-state index contributed by atoms with van der Waals surface area (Å²) >= 11 is 3.36. The van der Waals surface area contributed by atoms with Gasteiger partial charge in [0.05, 0.1) is 25.2 Å². The summed E-state index contributed by atoms with van der Waals surface area (Å²) in [6.07, 6.45) is 0.293. The number of benzene rings is 1. The molecule has 1 heterocycles. The highest BCUT2D eigenvalue weighted by Gasteiger charge is 2.37. The lowest BCUT2D eigenvalue weighted by molar-refractivity contribution is -0.137. The molecule has 1 aromatic rings. The van der Waals surface area contributed by atoms with Crippen molar-refractivity contribution in [3.8, 4) is 5.75 Å². The van der Waals surface area contributed by atoms with E-state index in [1.165, 1.54) is 7.11 Å². The highest BCUT2D eigenvalue weighted by molar-refractivity contribution is 9.10. The Balaban J connectivity index is 2.27. The van der Waals surface area contributed by atoms with Crippen LogP contribution in [0.1, 0.15) is 23.2 Å². The molecule has 1 N–H and O–H groups in total. The minimum Gasteiger partial charge on any atom is -0.497 e. The van der Waals surface area contributed by atoms with E-state index in [2.05, 4.69) is 15.9 Å². The topological polar surface area (TPSA) is 76.1 Å². The summed E-state index contributed by atoms with van der Waals surface area (Å²) in [5.74, 6) is -0.579. The molecule has 1 aromatic carbocycles. The fraction of sp³-hybridized carbons (Fsp3) is 0.467. The highest BCUT2D eigenvalue weighted by Crippen LogP contribution is 2.29. The van der Waals surface area contributed by atoms with E-state index >= 15 is 0 Å². The second kappa shape index (κ2) is 7.11. The maximum Gasteiger partial charge on any atom is 0.305 e. The zero-order valence-corrected chi connectivity index (χ0v) is 14.0. The lowest BCUT2D eigenvalue weighted by Gasteiger charge is -2.24. The van der Waals surface area contributed by atoms with Crippen LogP contribution in [0.3, 0.4) is 0 Å². The number of rotatable bonds is 5. The maximum atomic E-state index is 12.8. The first-order chi connectivity index (χ1) is 10.5. The largest absolute Gasteiger partial charge is 0.497 e. The number of carboxylic acid groups (broad SMARTS) is 1. The third kappa shape index (κ3) is 3.59. The molecule has 0 bridgehead atoms. The number of hydrogen-bond donors (Lipinski definition) is 1. The summed E-state index contributed by atoms with van der Waals surface area (Å²) in [6.45, 7) is 0.386. The molecule has 0 aromatic heterocycles. The molecule has 2 rings (SSSR count). The third-order valence-electron chi connectivity index (χ3n) is 3.78. The smallest absolute Gasteiger partial charge is 0.305 e. The van der Waals surface area contributed by atoms with Crippen molar-refractivity contribution < 1.29 is 24.2 Å². The Morgan fingerprint density at radius 3 is 2.73 bits per heavy atom. The van der Waals surface area contributed by atoms with Gasteiger partial charge in [-0.15, -0.1) is 0 Å². The van der Waals surface area contributed by atoms with Crippen molar-refractivity contribution in [3.05, 3.63) is 28.2 Å². The highest BCUT2D eigenvalue weighted by atomic mass is 79.9. The van der Waals surface area contributed by atoms with Crippen LogP contribution in [0, 0.1) is 0 Å². The molecular formula is C15H18BrNO5. The van der Waals surface area contributed by atoms with Gasteiger partial charge < -0.3 is 19.5 Å². The molecule has 1 saturated heterocycles. The summed E-state index contributed by atoms with van der Waals surface area (Å²) in [5.41, 5.74) is 0.450. The van der Waals surface area contributed by atoms with Crippen molar-refractivity contribution in [2.75, 3.05) is 20.8 Å². The van der Waals surface area contributed by atoms with Crippen LogP contribution in [-0.2, 0) is 9.53 Å². The summed E-state index contributed by atoms with van der Waals surface area (Å²) in [5, 5.41) is 9.03.